The summed E-state index contributed by atoms with van der Waals surface area (Å²) in [7, 11) is 1.32. The average molecular weight is 296 g/mol. The van der Waals surface area contributed by atoms with Crippen molar-refractivity contribution in [1.29, 1.82) is 0 Å². The fraction of sp³-hybridized carbons (Fsp3) is 0.688. The van der Waals surface area contributed by atoms with Crippen molar-refractivity contribution in [2.24, 2.45) is 5.41 Å². The van der Waals surface area contributed by atoms with Gasteiger partial charge in [-0.2, -0.15) is 0 Å². The Labute approximate surface area is 125 Å². The molecule has 0 radical (unpaired) electrons. The third-order valence-corrected chi connectivity index (χ3v) is 4.88. The number of allylic oxidation sites excluding steroid dienone is 2. The second-order valence-electron chi connectivity index (χ2n) is 6.65. The number of aliphatic hydroxyl groups is 2. The molecular weight excluding hydrogens is 272 g/mol. The lowest BCUT2D eigenvalue weighted by molar-refractivity contribution is -0.150. The molecule has 1 heterocycles. The Morgan fingerprint density at radius 2 is 2.05 bits per heavy atom. The van der Waals surface area contributed by atoms with Gasteiger partial charge >= 0.3 is 5.97 Å². The average Bonchev–Trinajstić information content (AvgIpc) is 2.51. The standard InChI is InChI=1S/C16H24O5/c1-11(7-13(18)20-4)5-6-16(19)14(2)8-12(17)9-15(16,3)21-10-14/h5-7,12,17,19H,8-10H2,1-4H3/b6-5+,11-7-/t12-,14+,15-,16-/m0/s1. The summed E-state index contributed by atoms with van der Waals surface area (Å²) in [5, 5.41) is 21.2. The Morgan fingerprint density at radius 1 is 1.38 bits per heavy atom. The summed E-state index contributed by atoms with van der Waals surface area (Å²) in [6.07, 6.45) is 5.18. The largest absolute Gasteiger partial charge is 0.466 e. The number of esters is 1. The van der Waals surface area contributed by atoms with Crippen LogP contribution in [0.1, 0.15) is 33.6 Å². The van der Waals surface area contributed by atoms with E-state index in [-0.39, 0.29) is 0 Å². The second kappa shape index (κ2) is 5.23. The van der Waals surface area contributed by atoms with Crippen molar-refractivity contribution in [3.8, 4) is 0 Å². The van der Waals surface area contributed by atoms with E-state index in [0.29, 0.717) is 25.0 Å². The Kier molecular flexibility index (Phi) is 4.04. The maximum Gasteiger partial charge on any atom is 0.330 e. The Balaban J connectivity index is 2.30. The van der Waals surface area contributed by atoms with Crippen LogP contribution in [0, 0.1) is 5.41 Å². The summed E-state index contributed by atoms with van der Waals surface area (Å²) in [5.41, 5.74) is -1.85. The summed E-state index contributed by atoms with van der Waals surface area (Å²) < 4.78 is 10.4. The molecule has 0 unspecified atom stereocenters. The SMILES string of the molecule is COC(=O)/C=C(C)\C=C\[C@]1(O)[C@@]2(C)CO[C@@]1(C)C[C@@H](O)C2. The molecule has 2 aliphatic rings. The highest BCUT2D eigenvalue weighted by molar-refractivity contribution is 5.83. The van der Waals surface area contributed by atoms with Gasteiger partial charge in [0.05, 0.1) is 19.8 Å². The van der Waals surface area contributed by atoms with Gasteiger partial charge in [0.15, 0.2) is 0 Å². The second-order valence-corrected chi connectivity index (χ2v) is 6.65. The van der Waals surface area contributed by atoms with E-state index in [0.717, 1.165) is 0 Å². The van der Waals surface area contributed by atoms with E-state index in [1.54, 1.807) is 19.1 Å². The molecule has 21 heavy (non-hydrogen) atoms. The van der Waals surface area contributed by atoms with Gasteiger partial charge in [-0.25, -0.2) is 4.79 Å². The topological polar surface area (TPSA) is 76.0 Å². The molecule has 5 nitrogen and oxygen atoms in total. The highest BCUT2D eigenvalue weighted by atomic mass is 16.5. The van der Waals surface area contributed by atoms with Crippen molar-refractivity contribution >= 4 is 5.97 Å². The number of hydrogen-bond donors (Lipinski definition) is 2. The van der Waals surface area contributed by atoms with Crippen molar-refractivity contribution in [2.75, 3.05) is 13.7 Å². The lowest BCUT2D eigenvalue weighted by Crippen LogP contribution is -2.60. The smallest absolute Gasteiger partial charge is 0.330 e. The molecule has 2 fully saturated rings. The molecular formula is C16H24O5. The summed E-state index contributed by atoms with van der Waals surface area (Å²) in [6.45, 7) is 5.91. The Bertz CT molecular complexity index is 475. The monoisotopic (exact) mass is 296 g/mol. The first-order chi connectivity index (χ1) is 9.66. The Morgan fingerprint density at radius 3 is 2.62 bits per heavy atom. The molecule has 5 heteroatoms. The number of methoxy groups -OCH3 is 1. The van der Waals surface area contributed by atoms with Crippen molar-refractivity contribution in [2.45, 2.75) is 50.9 Å². The van der Waals surface area contributed by atoms with Gasteiger partial charge in [0.1, 0.15) is 11.2 Å². The number of fused-ring (bicyclic) bond motifs is 2. The number of ether oxygens (including phenoxy) is 2. The van der Waals surface area contributed by atoms with Gasteiger partial charge in [0, 0.05) is 17.9 Å². The number of carbonyl (C=O) groups excluding carboxylic acids is 1. The number of carbonyl (C=O) groups is 1. The zero-order valence-corrected chi connectivity index (χ0v) is 13.0. The quantitative estimate of drug-likeness (QED) is 0.467. The van der Waals surface area contributed by atoms with E-state index in [2.05, 4.69) is 4.74 Å². The van der Waals surface area contributed by atoms with Crippen LogP contribution in [0.15, 0.2) is 23.8 Å². The highest BCUT2D eigenvalue weighted by Crippen LogP contribution is 2.57. The maximum absolute atomic E-state index is 11.2. The van der Waals surface area contributed by atoms with Crippen molar-refractivity contribution in [1.82, 2.24) is 0 Å². The van der Waals surface area contributed by atoms with E-state index in [1.165, 1.54) is 13.2 Å². The van der Waals surface area contributed by atoms with Gasteiger partial charge in [0.25, 0.3) is 0 Å². The molecule has 0 aromatic heterocycles. The molecule has 1 saturated heterocycles. The zero-order valence-electron chi connectivity index (χ0n) is 13.0. The summed E-state index contributed by atoms with van der Waals surface area (Å²) >= 11 is 0. The van der Waals surface area contributed by atoms with Crippen LogP contribution in [0.5, 0.6) is 0 Å². The molecule has 4 atom stereocenters. The fourth-order valence-electron chi connectivity index (χ4n) is 3.57. The minimum atomic E-state index is -1.18. The molecule has 1 saturated carbocycles. The van der Waals surface area contributed by atoms with Crippen LogP contribution >= 0.6 is 0 Å². The van der Waals surface area contributed by atoms with E-state index in [9.17, 15) is 15.0 Å². The molecule has 2 N–H and O–H groups in total. The zero-order chi connectivity index (χ0) is 15.9. The number of aliphatic hydroxyl groups excluding tert-OH is 1. The van der Waals surface area contributed by atoms with E-state index < -0.39 is 28.7 Å². The van der Waals surface area contributed by atoms with Crippen LogP contribution < -0.4 is 0 Å². The number of hydrogen-bond acceptors (Lipinski definition) is 5. The first-order valence-electron chi connectivity index (χ1n) is 7.16. The lowest BCUT2D eigenvalue weighted by atomic mass is 9.59. The summed E-state index contributed by atoms with van der Waals surface area (Å²) in [6, 6.07) is 0. The molecule has 0 aromatic carbocycles. The van der Waals surface area contributed by atoms with E-state index in [1.807, 2.05) is 13.8 Å². The van der Waals surface area contributed by atoms with Gasteiger partial charge in [0.2, 0.25) is 0 Å². The minimum absolute atomic E-state index is 0.392. The summed E-state index contributed by atoms with van der Waals surface area (Å²) in [4.78, 5) is 11.2. The van der Waals surface area contributed by atoms with Crippen LogP contribution in [-0.4, -0.2) is 47.2 Å². The van der Waals surface area contributed by atoms with Crippen molar-refractivity contribution in [3.05, 3.63) is 23.8 Å². The first-order valence-corrected chi connectivity index (χ1v) is 7.16. The predicted octanol–water partition coefficient (Wildman–Crippen LogP) is 1.34. The third-order valence-electron chi connectivity index (χ3n) is 4.88. The van der Waals surface area contributed by atoms with Gasteiger partial charge in [-0.15, -0.1) is 0 Å². The molecule has 0 aromatic rings. The van der Waals surface area contributed by atoms with Gasteiger partial charge in [-0.1, -0.05) is 13.0 Å². The van der Waals surface area contributed by atoms with Gasteiger partial charge < -0.3 is 19.7 Å². The molecule has 1 aliphatic heterocycles. The van der Waals surface area contributed by atoms with Crippen molar-refractivity contribution < 1.29 is 24.5 Å². The Hall–Kier alpha value is -1.17. The third kappa shape index (κ3) is 2.54. The summed E-state index contributed by atoms with van der Waals surface area (Å²) in [5.74, 6) is -0.431. The van der Waals surface area contributed by atoms with Gasteiger partial charge in [-0.3, -0.25) is 0 Å². The predicted molar refractivity (Wildman–Crippen MR) is 77.6 cm³/mol. The normalized spacial score (nSPS) is 43.3. The van der Waals surface area contributed by atoms with Crippen LogP contribution in [0.25, 0.3) is 0 Å². The van der Waals surface area contributed by atoms with Crippen LogP contribution in [0.3, 0.4) is 0 Å². The van der Waals surface area contributed by atoms with Crippen LogP contribution in [0.2, 0.25) is 0 Å². The molecule has 1 aliphatic carbocycles. The molecule has 0 spiro atoms. The van der Waals surface area contributed by atoms with E-state index in [4.69, 9.17) is 4.74 Å². The minimum Gasteiger partial charge on any atom is -0.466 e. The molecule has 2 rings (SSSR count). The van der Waals surface area contributed by atoms with E-state index >= 15 is 0 Å². The van der Waals surface area contributed by atoms with Crippen molar-refractivity contribution in [3.63, 3.8) is 0 Å². The van der Waals surface area contributed by atoms with Gasteiger partial charge in [-0.05, 0) is 31.9 Å². The molecule has 2 bridgehead atoms. The number of rotatable bonds is 3. The van der Waals surface area contributed by atoms with Crippen LogP contribution in [0.4, 0.5) is 0 Å². The van der Waals surface area contributed by atoms with Crippen LogP contribution in [-0.2, 0) is 14.3 Å². The lowest BCUT2D eigenvalue weighted by Gasteiger charge is -2.49. The molecule has 0 amide bonds. The fourth-order valence-corrected chi connectivity index (χ4v) is 3.57. The first kappa shape index (κ1) is 16.2. The highest BCUT2D eigenvalue weighted by Gasteiger charge is 2.67. The molecule has 118 valence electrons. The maximum atomic E-state index is 11.2.